The van der Waals surface area contributed by atoms with E-state index in [9.17, 15) is 14.4 Å². The first-order valence-corrected chi connectivity index (χ1v) is 16.6. The van der Waals surface area contributed by atoms with Gasteiger partial charge in [-0.25, -0.2) is 0 Å². The molecule has 3 nitrogen and oxygen atoms in total. The van der Waals surface area contributed by atoms with Crippen LogP contribution in [-0.2, 0) is 0 Å². The van der Waals surface area contributed by atoms with E-state index in [2.05, 4.69) is 19.6 Å². The van der Waals surface area contributed by atoms with Gasteiger partial charge < -0.3 is 0 Å². The van der Waals surface area contributed by atoms with Crippen molar-refractivity contribution in [2.45, 2.75) is 19.6 Å². The van der Waals surface area contributed by atoms with Gasteiger partial charge >= 0.3 is 153 Å². The Labute approximate surface area is 181 Å². The van der Waals surface area contributed by atoms with E-state index in [0.29, 0.717) is 16.7 Å². The van der Waals surface area contributed by atoms with Gasteiger partial charge in [0, 0.05) is 8.80 Å². The molecular weight excluding hydrogens is 483 g/mol. The van der Waals surface area contributed by atoms with Gasteiger partial charge in [-0.15, -0.1) is 0 Å². The molecule has 0 aromatic heterocycles. The van der Waals surface area contributed by atoms with Crippen LogP contribution in [0, 0.1) is 0 Å². The van der Waals surface area contributed by atoms with Crippen LogP contribution in [0.15, 0.2) is 91.0 Å². The second kappa shape index (κ2) is 11.6. The molecule has 0 saturated heterocycles. The van der Waals surface area contributed by atoms with Gasteiger partial charge in [0.25, 0.3) is 0 Å². The van der Waals surface area contributed by atoms with Crippen molar-refractivity contribution in [1.82, 2.24) is 0 Å². The van der Waals surface area contributed by atoms with Crippen LogP contribution in [0.25, 0.3) is 0 Å². The van der Waals surface area contributed by atoms with E-state index < -0.39 is 19.8 Å². The second-order valence-corrected chi connectivity index (χ2v) is 16.0. The Balaban J connectivity index is 0.000000687. The fourth-order valence-corrected chi connectivity index (χ4v) is 8.18. The Morgan fingerprint density at radius 2 is 0.724 bits per heavy atom. The Morgan fingerprint density at radius 3 is 0.931 bits per heavy atom. The van der Waals surface area contributed by atoms with Crippen LogP contribution >= 0.6 is 0 Å². The molecule has 0 unspecified atom stereocenters. The first kappa shape index (κ1) is 23.0. The average Bonchev–Trinajstić information content (AvgIpc) is 2.75. The average molecular weight is 507 g/mol. The SMILES string of the molecule is C[Si](C)C.O=[C](c1ccccc1)[Sn]([C](=O)c1ccccc1)[C](=O)c1ccccc1. The molecule has 2 radical (unpaired) electrons. The van der Waals surface area contributed by atoms with Crippen molar-refractivity contribution < 1.29 is 14.4 Å². The van der Waals surface area contributed by atoms with Crippen LogP contribution in [0.2, 0.25) is 19.6 Å². The van der Waals surface area contributed by atoms with Gasteiger partial charge in [-0.2, -0.15) is 0 Å². The van der Waals surface area contributed by atoms with Crippen molar-refractivity contribution in [3.05, 3.63) is 108 Å². The van der Waals surface area contributed by atoms with Gasteiger partial charge in [0.1, 0.15) is 0 Å². The Hall–Kier alpha value is -2.31. The zero-order chi connectivity index (χ0) is 21.2. The molecule has 0 spiro atoms. The minimum absolute atomic E-state index is 0.120. The van der Waals surface area contributed by atoms with Crippen LogP contribution < -0.4 is 0 Å². The summed E-state index contributed by atoms with van der Waals surface area (Å²) in [6, 6.07) is 25.9. The van der Waals surface area contributed by atoms with Gasteiger partial charge in [-0.1, -0.05) is 19.6 Å². The van der Waals surface area contributed by atoms with Crippen molar-refractivity contribution in [2.24, 2.45) is 0 Å². The van der Waals surface area contributed by atoms with Gasteiger partial charge in [-0.05, 0) is 0 Å². The number of rotatable bonds is 6. The van der Waals surface area contributed by atoms with Crippen LogP contribution in [0.1, 0.15) is 31.1 Å². The topological polar surface area (TPSA) is 51.2 Å². The van der Waals surface area contributed by atoms with E-state index in [-0.39, 0.29) is 20.2 Å². The maximum atomic E-state index is 13.0. The molecule has 3 rings (SSSR count). The summed E-state index contributed by atoms with van der Waals surface area (Å²) in [5, 5.41) is 0. The maximum absolute atomic E-state index is 13.0. The second-order valence-electron chi connectivity index (χ2n) is 6.96. The summed E-state index contributed by atoms with van der Waals surface area (Å²) < 4.78 is -0.859. The van der Waals surface area contributed by atoms with E-state index in [1.165, 1.54) is 0 Å². The van der Waals surface area contributed by atoms with Crippen LogP contribution in [0.3, 0.4) is 0 Å². The molecule has 0 aliphatic rings. The third-order valence-corrected chi connectivity index (χ3v) is 10.1. The van der Waals surface area contributed by atoms with E-state index >= 15 is 0 Å². The monoisotopic (exact) mass is 508 g/mol. The molecule has 0 amide bonds. The third-order valence-electron chi connectivity index (χ3n) is 3.79. The number of benzene rings is 3. The Bertz CT molecular complexity index is 816. The van der Waals surface area contributed by atoms with Crippen molar-refractivity contribution in [3.8, 4) is 0 Å². The van der Waals surface area contributed by atoms with E-state index in [4.69, 9.17) is 0 Å². The molecular formula is C24H24O3SiSn. The molecule has 0 fully saturated rings. The summed E-state index contributed by atoms with van der Waals surface area (Å²) in [5.41, 5.74) is 1.31. The Morgan fingerprint density at radius 1 is 0.517 bits per heavy atom. The molecule has 0 atom stereocenters. The number of hydrogen-bond donors (Lipinski definition) is 0. The predicted molar refractivity (Wildman–Crippen MR) is 121 cm³/mol. The zero-order valence-corrected chi connectivity index (χ0v) is 20.7. The number of hydrogen-bond acceptors (Lipinski definition) is 3. The zero-order valence-electron chi connectivity index (χ0n) is 16.9. The van der Waals surface area contributed by atoms with Gasteiger partial charge in [-0.3, -0.25) is 0 Å². The molecule has 0 aliphatic carbocycles. The first-order chi connectivity index (χ1) is 13.9. The van der Waals surface area contributed by atoms with E-state index in [1.807, 2.05) is 0 Å². The van der Waals surface area contributed by atoms with Crippen molar-refractivity contribution in [1.29, 1.82) is 0 Å². The molecule has 0 heterocycles. The van der Waals surface area contributed by atoms with Crippen LogP contribution in [-0.4, -0.2) is 40.0 Å². The molecule has 5 heteroatoms. The fourth-order valence-electron chi connectivity index (χ4n) is 2.51. The fraction of sp³-hybridized carbons (Fsp3) is 0.125. The summed E-state index contributed by atoms with van der Waals surface area (Å²) >= 11 is -3.83. The first-order valence-electron chi connectivity index (χ1n) is 9.34. The summed E-state index contributed by atoms with van der Waals surface area (Å²) in [7, 11) is 0.120. The standard InChI is InChI=1S/3C7H5O.C3H9Si.Sn/c3*8-6-7-4-2-1-3-5-7;1-4(2)3;/h3*1-5H;1-3H3;. The van der Waals surface area contributed by atoms with Crippen molar-refractivity contribution in [3.63, 3.8) is 0 Å². The van der Waals surface area contributed by atoms with E-state index in [0.717, 1.165) is 0 Å². The van der Waals surface area contributed by atoms with Crippen LogP contribution in [0.5, 0.6) is 0 Å². The third kappa shape index (κ3) is 6.90. The molecule has 3 aromatic carbocycles. The summed E-state index contributed by atoms with van der Waals surface area (Å²) in [6.45, 7) is 6.81. The molecule has 146 valence electrons. The number of carbonyl (C=O) groups is 3. The predicted octanol–water partition coefficient (Wildman–Crippen LogP) is 5.12. The molecule has 0 bridgehead atoms. The van der Waals surface area contributed by atoms with Gasteiger partial charge in [0.2, 0.25) is 0 Å². The molecule has 0 N–H and O–H groups in total. The van der Waals surface area contributed by atoms with Crippen molar-refractivity contribution in [2.75, 3.05) is 0 Å². The minimum atomic E-state index is -3.83. The van der Waals surface area contributed by atoms with Crippen LogP contribution in [0.4, 0.5) is 0 Å². The molecule has 0 saturated carbocycles. The van der Waals surface area contributed by atoms with E-state index in [1.54, 1.807) is 91.0 Å². The quantitative estimate of drug-likeness (QED) is 0.436. The van der Waals surface area contributed by atoms with Crippen molar-refractivity contribution >= 4 is 40.0 Å². The number of carbonyl (C=O) groups excluding carboxylic acids is 3. The molecule has 0 aliphatic heterocycles. The summed E-state index contributed by atoms with van der Waals surface area (Å²) in [4.78, 5) is 39.1. The van der Waals surface area contributed by atoms with Gasteiger partial charge in [0.05, 0.1) is 0 Å². The molecule has 3 aromatic rings. The normalized spacial score (nSPS) is 10.2. The summed E-state index contributed by atoms with van der Waals surface area (Å²) in [6.07, 6.45) is 0. The molecule has 29 heavy (non-hydrogen) atoms. The summed E-state index contributed by atoms with van der Waals surface area (Å²) in [5.74, 6) is 0. The Kier molecular flexibility index (Phi) is 9.21. The van der Waals surface area contributed by atoms with Gasteiger partial charge in [0.15, 0.2) is 0 Å².